The number of rotatable bonds is 9. The number of nitrogens with zero attached hydrogens (tertiary/aromatic N) is 2. The number of alkyl halides is 1. The van der Waals surface area contributed by atoms with Crippen LogP contribution in [0.15, 0.2) is 237 Å². The van der Waals surface area contributed by atoms with Crippen molar-refractivity contribution in [2.75, 3.05) is 7.05 Å². The minimum Gasteiger partial charge on any atom is -0.309 e. The number of fused-ring (bicyclic) bond motifs is 13. The zero-order valence-corrected chi connectivity index (χ0v) is 41.8. The molecule has 6 heteroatoms. The average Bonchev–Trinajstić information content (AvgIpc) is 3.96. The van der Waals surface area contributed by atoms with Gasteiger partial charge in [0.15, 0.2) is 12.3 Å². The first-order valence-corrected chi connectivity index (χ1v) is 26.1. The molecule has 0 spiro atoms. The van der Waals surface area contributed by atoms with Crippen molar-refractivity contribution < 1.29 is 4.90 Å². The van der Waals surface area contributed by atoms with Gasteiger partial charge in [0.05, 0.1) is 44.5 Å². The van der Waals surface area contributed by atoms with Crippen molar-refractivity contribution >= 4 is 120 Å². The third kappa shape index (κ3) is 6.71. The summed E-state index contributed by atoms with van der Waals surface area (Å²) in [7, 11) is 2.23. The Morgan fingerprint density at radius 3 is 1.71 bits per heavy atom. The van der Waals surface area contributed by atoms with Crippen LogP contribution in [0.2, 0.25) is 0 Å². The number of aromatic nitrogens is 2. The van der Waals surface area contributed by atoms with Crippen LogP contribution in [-0.4, -0.2) is 16.2 Å². The molecular weight excluding hydrogens is 990 g/mol. The van der Waals surface area contributed by atoms with E-state index in [1.807, 2.05) is 0 Å². The van der Waals surface area contributed by atoms with Gasteiger partial charge in [0.1, 0.15) is 0 Å². The van der Waals surface area contributed by atoms with Crippen molar-refractivity contribution in [1.29, 1.82) is 0 Å². The van der Waals surface area contributed by atoms with Gasteiger partial charge in [-0.15, -0.1) is 0 Å². The van der Waals surface area contributed by atoms with Crippen LogP contribution in [0.1, 0.15) is 33.1 Å². The molecule has 5 nitrogen and oxygen atoms in total. The molecule has 4 unspecified atom stereocenters. The summed E-state index contributed by atoms with van der Waals surface area (Å²) in [5.41, 5.74) is 18.1. The number of hydrogen-bond donors (Lipinski definition) is 3. The number of halogens is 1. The first kappa shape index (κ1) is 43.0. The number of nitrogens with two attached hydrogens (primary N) is 1. The Morgan fingerprint density at radius 1 is 0.403 bits per heavy atom. The van der Waals surface area contributed by atoms with Crippen LogP contribution < -0.4 is 16.0 Å². The lowest BCUT2D eigenvalue weighted by atomic mass is 9.99. The quantitative estimate of drug-likeness (QED) is 0.0444. The Kier molecular flexibility index (Phi) is 10.3. The molecule has 0 saturated carbocycles. The normalized spacial score (nSPS) is 13.9. The van der Waals surface area contributed by atoms with E-state index in [4.69, 9.17) is 5.73 Å². The van der Waals surface area contributed by atoms with Gasteiger partial charge < -0.3 is 14.0 Å². The summed E-state index contributed by atoms with van der Waals surface area (Å²) in [6.45, 7) is 0. The highest BCUT2D eigenvalue weighted by Crippen LogP contribution is 2.45. The molecule has 0 amide bonds. The van der Waals surface area contributed by atoms with Crippen LogP contribution in [0.25, 0.3) is 109 Å². The van der Waals surface area contributed by atoms with Gasteiger partial charge in [-0.05, 0) is 91.1 Å². The van der Waals surface area contributed by atoms with Crippen molar-refractivity contribution in [1.82, 2.24) is 14.5 Å². The zero-order valence-electron chi connectivity index (χ0n) is 39.6. The topological polar surface area (TPSA) is 52.4 Å². The third-order valence-electron chi connectivity index (χ3n) is 15.4. The summed E-state index contributed by atoms with van der Waals surface area (Å²) < 4.78 is 5.05. The van der Waals surface area contributed by atoms with Crippen LogP contribution in [0.4, 0.5) is 0 Å². The van der Waals surface area contributed by atoms with Crippen molar-refractivity contribution in [3.63, 3.8) is 0 Å². The van der Waals surface area contributed by atoms with Crippen LogP contribution in [0.5, 0.6) is 0 Å². The van der Waals surface area contributed by atoms with Gasteiger partial charge in [0.25, 0.3) is 0 Å². The minimum atomic E-state index is -0.367. The second-order valence-electron chi connectivity index (χ2n) is 19.3. The molecule has 2 aromatic heterocycles. The predicted molar refractivity (Wildman–Crippen MR) is 312 cm³/mol. The van der Waals surface area contributed by atoms with E-state index in [0.717, 1.165) is 38.0 Å². The van der Waals surface area contributed by atoms with Crippen LogP contribution in [0.3, 0.4) is 0 Å². The number of nitrogens with one attached hydrogen (secondary N) is 2. The summed E-state index contributed by atoms with van der Waals surface area (Å²) in [4.78, 5) is 1.15. The molecule has 0 aliphatic heterocycles. The van der Waals surface area contributed by atoms with E-state index in [1.165, 1.54) is 92.5 Å². The van der Waals surface area contributed by atoms with Crippen molar-refractivity contribution in [2.24, 2.45) is 5.73 Å². The zero-order chi connectivity index (χ0) is 48.0. The maximum atomic E-state index is 7.61. The van der Waals surface area contributed by atoms with E-state index in [9.17, 15) is 0 Å². The fourth-order valence-electron chi connectivity index (χ4n) is 12.0. The molecule has 72 heavy (non-hydrogen) atoms. The Bertz CT molecular complexity index is 4460. The molecule has 4 atom stereocenters. The van der Waals surface area contributed by atoms with Gasteiger partial charge in [-0.3, -0.25) is 5.73 Å². The smallest absolute Gasteiger partial charge is 0.170 e. The molecule has 0 radical (unpaired) electrons. The monoisotopic (exact) mass is 1040 g/mol. The molecule has 12 aromatic carbocycles. The molecule has 0 fully saturated rings. The lowest BCUT2D eigenvalue weighted by Crippen LogP contribution is -3.12. The molecule has 0 bridgehead atoms. The van der Waals surface area contributed by atoms with Gasteiger partial charge >= 0.3 is 0 Å². The van der Waals surface area contributed by atoms with Crippen LogP contribution in [0, 0.1) is 0 Å². The van der Waals surface area contributed by atoms with Crippen molar-refractivity contribution in [3.05, 3.63) is 253 Å². The Balaban J connectivity index is 0.920. The molecule has 0 aliphatic rings. The second kappa shape index (κ2) is 17.2. The highest BCUT2D eigenvalue weighted by molar-refractivity contribution is 14.1. The molecular formula is C66H49IN5+. The van der Waals surface area contributed by atoms with Gasteiger partial charge in [-0.2, -0.15) is 0 Å². The molecule has 14 rings (SSSR count). The van der Waals surface area contributed by atoms with Gasteiger partial charge in [0, 0.05) is 43.4 Å². The largest absolute Gasteiger partial charge is 0.309 e. The Hall–Kier alpha value is -7.85. The Morgan fingerprint density at radius 2 is 0.944 bits per heavy atom. The highest BCUT2D eigenvalue weighted by Gasteiger charge is 2.31. The number of hydrogen-bond acceptors (Lipinski definition) is 2. The summed E-state index contributed by atoms with van der Waals surface area (Å²) >= 11 is 2.56. The van der Waals surface area contributed by atoms with Crippen molar-refractivity contribution in [2.45, 2.75) is 16.4 Å². The average molecular weight is 1040 g/mol. The summed E-state index contributed by atoms with van der Waals surface area (Å²) in [5, 5.41) is 21.3. The maximum absolute atomic E-state index is 7.61. The van der Waals surface area contributed by atoms with E-state index in [1.54, 1.807) is 0 Å². The first-order valence-electron chi connectivity index (χ1n) is 24.8. The standard InChI is InChI=1S/C66H48IN5/c1-70(66(43-19-3-2-4-20-43)69-64(67)46-33-35-48-45(39-46)32-31-41-17-5-8-22-47(41)48)65(68)53-36-38-58(52-26-12-11-25-51(52)53)71-56-29-15-14-28-55(56)62-60(71)40-44-21-7-10-24-50(44)63(62)72-57-30-16-13-27-54(57)61-49-23-9-6-18-42(49)34-37-59(61)72/h2-40,64-66,69H,68H2,1H3/p+1. The molecule has 14 aromatic rings. The molecule has 2 heterocycles. The fourth-order valence-corrected chi connectivity index (χ4v) is 12.7. The SMILES string of the molecule is C[NH+](C(N)c1ccc(-n2c3ccccc3c3c(-n4c5ccccc5c5c6ccccc6ccc54)c4ccccc4cc32)c2ccccc12)C(NC(I)c1ccc2c(ccc3ccccc32)c1)c1ccccc1. The van der Waals surface area contributed by atoms with Gasteiger partial charge in [0.2, 0.25) is 0 Å². The van der Waals surface area contributed by atoms with Gasteiger partial charge in [-0.25, -0.2) is 5.32 Å². The van der Waals surface area contributed by atoms with Crippen LogP contribution >= 0.6 is 22.6 Å². The van der Waals surface area contributed by atoms with E-state index >= 15 is 0 Å². The van der Waals surface area contributed by atoms with E-state index in [-0.39, 0.29) is 16.4 Å². The second-order valence-corrected chi connectivity index (χ2v) is 20.6. The lowest BCUT2D eigenvalue weighted by molar-refractivity contribution is -0.947. The number of benzene rings is 12. The van der Waals surface area contributed by atoms with Crippen molar-refractivity contribution in [3.8, 4) is 11.4 Å². The summed E-state index contributed by atoms with van der Waals surface area (Å²) in [6.07, 6.45) is -0.481. The lowest BCUT2D eigenvalue weighted by Gasteiger charge is -2.33. The molecule has 0 aliphatic carbocycles. The Labute approximate surface area is 430 Å². The molecule has 0 saturated heterocycles. The molecule has 4 N–H and O–H groups in total. The first-order chi connectivity index (χ1) is 35.5. The van der Waals surface area contributed by atoms with Gasteiger partial charge in [-0.1, -0.05) is 217 Å². The number of quaternary nitrogens is 1. The van der Waals surface area contributed by atoms with E-state index < -0.39 is 0 Å². The highest BCUT2D eigenvalue weighted by atomic mass is 127. The van der Waals surface area contributed by atoms with E-state index in [2.05, 4.69) is 281 Å². The summed E-state index contributed by atoms with van der Waals surface area (Å²) in [6, 6.07) is 86.7. The molecule has 344 valence electrons. The van der Waals surface area contributed by atoms with E-state index in [0.29, 0.717) is 0 Å². The predicted octanol–water partition coefficient (Wildman–Crippen LogP) is 15.5. The maximum Gasteiger partial charge on any atom is 0.170 e. The third-order valence-corrected chi connectivity index (χ3v) is 16.5. The fraction of sp³-hybridized carbons (Fsp3) is 0.0606. The van der Waals surface area contributed by atoms with Crippen LogP contribution in [-0.2, 0) is 0 Å². The number of para-hydroxylation sites is 2. The minimum absolute atomic E-state index is 0.0167. The summed E-state index contributed by atoms with van der Waals surface area (Å²) in [5.74, 6) is 0.